The monoisotopic (exact) mass is 514 g/mol. The van der Waals surface area contributed by atoms with Gasteiger partial charge in [-0.05, 0) is 24.5 Å². The number of hydrogen-bond donors (Lipinski definition) is 0. The molecular formula is C23H18F4N8O2. The van der Waals surface area contributed by atoms with E-state index in [1.54, 1.807) is 12.1 Å². The maximum Gasteiger partial charge on any atom is 0.408 e. The van der Waals surface area contributed by atoms with Crippen LogP contribution >= 0.6 is 0 Å². The van der Waals surface area contributed by atoms with Gasteiger partial charge in [0.05, 0.1) is 43.4 Å². The van der Waals surface area contributed by atoms with Crippen molar-refractivity contribution < 1.29 is 27.0 Å². The van der Waals surface area contributed by atoms with Crippen molar-refractivity contribution in [2.75, 3.05) is 14.2 Å². The quantitative estimate of drug-likeness (QED) is 0.314. The third-order valence-corrected chi connectivity index (χ3v) is 6.28. The molecule has 0 aliphatic heterocycles. The maximum atomic E-state index is 14.6. The second-order valence-corrected chi connectivity index (χ2v) is 8.61. The van der Waals surface area contributed by atoms with Crippen molar-refractivity contribution in [3.8, 4) is 23.1 Å². The molecule has 1 saturated carbocycles. The molecule has 1 aliphatic rings. The second-order valence-electron chi connectivity index (χ2n) is 8.61. The summed E-state index contributed by atoms with van der Waals surface area (Å²) < 4.78 is 65.9. The number of fused-ring (bicyclic) bond motifs is 2. The van der Waals surface area contributed by atoms with Gasteiger partial charge >= 0.3 is 12.2 Å². The molecule has 6 rings (SSSR count). The molecule has 0 radical (unpaired) electrons. The van der Waals surface area contributed by atoms with Gasteiger partial charge in [-0.3, -0.25) is 9.67 Å². The molecule has 0 aromatic carbocycles. The van der Waals surface area contributed by atoms with Crippen LogP contribution in [0.25, 0.3) is 27.8 Å². The third-order valence-electron chi connectivity index (χ3n) is 6.28. The number of hydrogen-bond acceptors (Lipinski definition) is 8. The van der Waals surface area contributed by atoms with E-state index < -0.39 is 18.7 Å². The van der Waals surface area contributed by atoms with Crippen LogP contribution in [0.2, 0.25) is 0 Å². The van der Waals surface area contributed by atoms with E-state index in [-0.39, 0.29) is 23.7 Å². The Labute approximate surface area is 205 Å². The fourth-order valence-corrected chi connectivity index (χ4v) is 4.50. The highest BCUT2D eigenvalue weighted by molar-refractivity contribution is 5.78. The summed E-state index contributed by atoms with van der Waals surface area (Å²) >= 11 is 0. The summed E-state index contributed by atoms with van der Waals surface area (Å²) in [5, 5.41) is 8.73. The van der Waals surface area contributed by atoms with E-state index in [1.807, 2.05) is 0 Å². The normalized spacial score (nSPS) is 17.5. The third kappa shape index (κ3) is 4.07. The van der Waals surface area contributed by atoms with Crippen molar-refractivity contribution in [1.82, 2.24) is 39.3 Å². The molecule has 0 bridgehead atoms. The van der Waals surface area contributed by atoms with Crippen LogP contribution in [-0.2, 0) is 6.54 Å². The average molecular weight is 514 g/mol. The summed E-state index contributed by atoms with van der Waals surface area (Å²) in [4.78, 5) is 16.9. The molecule has 37 heavy (non-hydrogen) atoms. The first-order chi connectivity index (χ1) is 17.8. The Bertz CT molecular complexity index is 1650. The molecule has 0 N–H and O–H groups in total. The van der Waals surface area contributed by atoms with E-state index in [2.05, 4.69) is 30.1 Å². The van der Waals surface area contributed by atoms with Crippen molar-refractivity contribution in [3.63, 3.8) is 0 Å². The molecule has 1 unspecified atom stereocenters. The number of rotatable bonds is 6. The van der Waals surface area contributed by atoms with Gasteiger partial charge in [-0.1, -0.05) is 0 Å². The van der Waals surface area contributed by atoms with Gasteiger partial charge in [0, 0.05) is 35.0 Å². The zero-order valence-electron chi connectivity index (χ0n) is 19.4. The number of imidazole rings is 1. The van der Waals surface area contributed by atoms with Gasteiger partial charge in [0.25, 0.3) is 0 Å². The van der Waals surface area contributed by atoms with Crippen LogP contribution in [0.1, 0.15) is 29.5 Å². The van der Waals surface area contributed by atoms with E-state index in [0.29, 0.717) is 45.5 Å². The minimum Gasteiger partial charge on any atom is -0.480 e. The number of methoxy groups -OCH3 is 2. The molecule has 14 heteroatoms. The molecular weight excluding hydrogens is 496 g/mol. The highest BCUT2D eigenvalue weighted by Crippen LogP contribution is 2.55. The van der Waals surface area contributed by atoms with Crippen LogP contribution in [0.4, 0.5) is 17.6 Å². The summed E-state index contributed by atoms with van der Waals surface area (Å²) in [6.45, 7) is -1.19. The predicted octanol–water partition coefficient (Wildman–Crippen LogP) is 3.92. The van der Waals surface area contributed by atoms with Crippen molar-refractivity contribution in [2.24, 2.45) is 0 Å². The molecule has 0 saturated heterocycles. The summed E-state index contributed by atoms with van der Waals surface area (Å²) in [6, 6.07) is 3.50. The fraction of sp³-hybridized carbons (Fsp3) is 0.304. The van der Waals surface area contributed by atoms with Gasteiger partial charge in [0.2, 0.25) is 11.8 Å². The van der Waals surface area contributed by atoms with Gasteiger partial charge in [0.15, 0.2) is 5.65 Å². The average Bonchev–Trinajstić information content (AvgIpc) is 3.47. The Morgan fingerprint density at radius 1 is 1.00 bits per heavy atom. The Kier molecular flexibility index (Phi) is 5.21. The molecule has 2 atom stereocenters. The fourth-order valence-electron chi connectivity index (χ4n) is 4.50. The molecule has 190 valence electrons. The number of halogens is 4. The smallest absolute Gasteiger partial charge is 0.408 e. The lowest BCUT2D eigenvalue weighted by atomic mass is 10.1. The molecule has 0 spiro atoms. The van der Waals surface area contributed by atoms with E-state index in [0.717, 1.165) is 15.4 Å². The number of aromatic nitrogens is 8. The van der Waals surface area contributed by atoms with Gasteiger partial charge in [0.1, 0.15) is 6.54 Å². The van der Waals surface area contributed by atoms with Crippen LogP contribution in [-0.4, -0.2) is 59.7 Å². The molecule has 1 fully saturated rings. The van der Waals surface area contributed by atoms with Crippen LogP contribution < -0.4 is 9.47 Å². The summed E-state index contributed by atoms with van der Waals surface area (Å²) in [5.74, 6) is -0.673. The van der Waals surface area contributed by atoms with Crippen LogP contribution in [0.3, 0.4) is 0 Å². The summed E-state index contributed by atoms with van der Waals surface area (Å²) in [6.07, 6.45) is 1.67. The van der Waals surface area contributed by atoms with E-state index in [9.17, 15) is 17.6 Å². The highest BCUT2D eigenvalue weighted by Gasteiger charge is 2.43. The van der Waals surface area contributed by atoms with Crippen molar-refractivity contribution >= 4 is 16.6 Å². The maximum absolute atomic E-state index is 14.6. The highest BCUT2D eigenvalue weighted by atomic mass is 19.4. The van der Waals surface area contributed by atoms with E-state index in [4.69, 9.17) is 9.47 Å². The Hall–Kier alpha value is -4.36. The van der Waals surface area contributed by atoms with Crippen molar-refractivity contribution in [1.29, 1.82) is 0 Å². The number of pyridine rings is 1. The van der Waals surface area contributed by atoms with Crippen LogP contribution in [0.15, 0.2) is 36.9 Å². The molecule has 0 amide bonds. The van der Waals surface area contributed by atoms with Gasteiger partial charge in [-0.15, -0.1) is 0 Å². The zero-order chi connectivity index (χ0) is 25.9. The van der Waals surface area contributed by atoms with Crippen LogP contribution in [0.5, 0.6) is 11.9 Å². The van der Waals surface area contributed by atoms with E-state index in [1.165, 1.54) is 32.8 Å². The number of nitrogens with zero attached hydrogens (tertiary/aromatic N) is 8. The van der Waals surface area contributed by atoms with E-state index >= 15 is 0 Å². The molecule has 10 nitrogen and oxygen atoms in total. The summed E-state index contributed by atoms with van der Waals surface area (Å²) in [5.41, 5.74) is 2.80. The SMILES string of the molecule is COc1ncc(-c2cc(C3C[C@@H]3c3cc4c(cn3)cnn4CC(F)(F)F)c3ncc(F)n3n2)c(OC)n1. The lowest BCUT2D eigenvalue weighted by molar-refractivity contribution is -0.141. The lowest BCUT2D eigenvalue weighted by Gasteiger charge is -2.11. The van der Waals surface area contributed by atoms with Crippen LogP contribution in [0, 0.1) is 5.95 Å². The molecule has 1 aliphatic carbocycles. The topological polar surface area (TPSA) is 105 Å². The molecule has 5 aromatic heterocycles. The van der Waals surface area contributed by atoms with Crippen molar-refractivity contribution in [2.45, 2.75) is 31.0 Å². The minimum atomic E-state index is -4.40. The van der Waals surface area contributed by atoms with Gasteiger partial charge in [-0.2, -0.15) is 37.3 Å². The number of alkyl halides is 3. The molecule has 5 aromatic rings. The second kappa shape index (κ2) is 8.35. The largest absolute Gasteiger partial charge is 0.480 e. The van der Waals surface area contributed by atoms with Gasteiger partial charge < -0.3 is 9.47 Å². The van der Waals surface area contributed by atoms with Crippen molar-refractivity contribution in [3.05, 3.63) is 54.1 Å². The first-order valence-electron chi connectivity index (χ1n) is 11.1. The zero-order valence-corrected chi connectivity index (χ0v) is 19.4. The number of ether oxygens (including phenoxy) is 2. The predicted molar refractivity (Wildman–Crippen MR) is 121 cm³/mol. The van der Waals surface area contributed by atoms with Gasteiger partial charge in [-0.25, -0.2) is 9.97 Å². The lowest BCUT2D eigenvalue weighted by Crippen LogP contribution is -2.18. The Morgan fingerprint density at radius 3 is 2.59 bits per heavy atom. The first kappa shape index (κ1) is 23.1. The first-order valence-corrected chi connectivity index (χ1v) is 11.1. The molecule has 5 heterocycles. The summed E-state index contributed by atoms with van der Waals surface area (Å²) in [7, 11) is 2.86. The standard InChI is InChI=1S/C23H18F4N8O2/c1-36-21-15(8-30-22(32-21)37-2)17-4-14(20-29-9-19(24)35(20)33-17)12-3-13(12)16-5-18-11(6-28-16)7-31-34(18)10-23(25,26)27/h4-9,12-13H,3,10H2,1-2H3/t12?,13-/m0/s1. The minimum absolute atomic E-state index is 0.101. The Balaban J connectivity index is 1.40. The Morgan fingerprint density at radius 2 is 1.84 bits per heavy atom.